The number of hydrogen-bond acceptors (Lipinski definition) is 4. The second-order valence-corrected chi connectivity index (χ2v) is 5.78. The van der Waals surface area contributed by atoms with Gasteiger partial charge in [-0.2, -0.15) is 5.26 Å². The molecule has 0 bridgehead atoms. The van der Waals surface area contributed by atoms with Crippen LogP contribution in [0.3, 0.4) is 0 Å². The molecule has 0 fully saturated rings. The normalized spacial score (nSPS) is 11.2. The van der Waals surface area contributed by atoms with Crippen molar-refractivity contribution in [3.05, 3.63) is 65.3 Å². The van der Waals surface area contributed by atoms with Gasteiger partial charge in [0.05, 0.1) is 12.8 Å². The maximum absolute atomic E-state index is 12.4. The number of carbonyl (C=O) groups excluding carboxylic acids is 1. The van der Waals surface area contributed by atoms with Gasteiger partial charge in [0, 0.05) is 11.9 Å². The van der Waals surface area contributed by atoms with E-state index in [0.29, 0.717) is 6.54 Å². The van der Waals surface area contributed by atoms with Gasteiger partial charge in [0.2, 0.25) is 0 Å². The topological polar surface area (TPSA) is 78.1 Å². The van der Waals surface area contributed by atoms with Gasteiger partial charge in [-0.1, -0.05) is 32.0 Å². The molecule has 0 aliphatic carbocycles. The van der Waals surface area contributed by atoms with Gasteiger partial charge in [-0.3, -0.25) is 4.79 Å². The van der Waals surface area contributed by atoms with Crippen LogP contribution in [0.5, 0.6) is 0 Å². The second kappa shape index (κ2) is 8.02. The van der Waals surface area contributed by atoms with Gasteiger partial charge < -0.3 is 15.1 Å². The van der Waals surface area contributed by atoms with Crippen LogP contribution in [0.4, 0.5) is 5.69 Å². The van der Waals surface area contributed by atoms with E-state index in [2.05, 4.69) is 24.5 Å². The van der Waals surface area contributed by atoms with Crippen molar-refractivity contribution >= 4 is 11.6 Å². The van der Waals surface area contributed by atoms with Crippen LogP contribution >= 0.6 is 0 Å². The summed E-state index contributed by atoms with van der Waals surface area (Å²) in [4.78, 5) is 12.4. The Bertz CT molecular complexity index is 768. The number of anilines is 1. The van der Waals surface area contributed by atoms with Gasteiger partial charge in [0.1, 0.15) is 17.4 Å². The fraction of sp³-hybridized carbons (Fsp3) is 0.263. The zero-order valence-electron chi connectivity index (χ0n) is 14.1. The van der Waals surface area contributed by atoms with E-state index < -0.39 is 5.91 Å². The number of hydrogen-bond donors (Lipinski definition) is 2. The number of nitrogens with zero attached hydrogens (tertiary/aromatic N) is 1. The lowest BCUT2D eigenvalue weighted by Gasteiger charge is -2.16. The minimum absolute atomic E-state index is 0.0134. The van der Waals surface area contributed by atoms with Crippen LogP contribution in [0, 0.1) is 18.3 Å². The van der Waals surface area contributed by atoms with E-state index in [9.17, 15) is 10.1 Å². The number of nitrogens with one attached hydrogen (secondary N) is 2. The SMILES string of the molecule is Cc1cccc(C(C)C)c1NC(=O)/C(C#N)=C\NCc1ccco1. The molecule has 0 unspecified atom stereocenters. The smallest absolute Gasteiger partial charge is 0.267 e. The highest BCUT2D eigenvalue weighted by atomic mass is 16.3. The fourth-order valence-corrected chi connectivity index (χ4v) is 2.34. The summed E-state index contributed by atoms with van der Waals surface area (Å²) in [5.41, 5.74) is 2.80. The first kappa shape index (κ1) is 17.4. The first-order valence-corrected chi connectivity index (χ1v) is 7.79. The zero-order chi connectivity index (χ0) is 17.5. The second-order valence-electron chi connectivity index (χ2n) is 5.78. The minimum atomic E-state index is -0.430. The molecule has 0 saturated carbocycles. The van der Waals surface area contributed by atoms with Crippen LogP contribution in [-0.4, -0.2) is 5.91 Å². The van der Waals surface area contributed by atoms with Crippen molar-refractivity contribution in [2.24, 2.45) is 0 Å². The van der Waals surface area contributed by atoms with Gasteiger partial charge in [0.25, 0.3) is 5.91 Å². The molecule has 24 heavy (non-hydrogen) atoms. The van der Waals surface area contributed by atoms with Crippen molar-refractivity contribution in [1.29, 1.82) is 5.26 Å². The van der Waals surface area contributed by atoms with Gasteiger partial charge >= 0.3 is 0 Å². The molecule has 1 aromatic heterocycles. The Morgan fingerprint density at radius 3 is 2.75 bits per heavy atom. The third-order valence-corrected chi connectivity index (χ3v) is 3.63. The van der Waals surface area contributed by atoms with E-state index in [-0.39, 0.29) is 11.5 Å². The standard InChI is InChI=1S/C19H21N3O2/c1-13(2)17-8-4-6-14(3)18(17)22-19(23)15(10-20)11-21-12-16-7-5-9-24-16/h4-9,11,13,21H,12H2,1-3H3,(H,22,23)/b15-11-. The average Bonchev–Trinajstić information content (AvgIpc) is 3.06. The lowest BCUT2D eigenvalue weighted by molar-refractivity contribution is -0.112. The summed E-state index contributed by atoms with van der Waals surface area (Å²) in [6.45, 7) is 6.48. The molecule has 0 saturated heterocycles. The van der Waals surface area contributed by atoms with E-state index in [1.54, 1.807) is 12.3 Å². The number of furan rings is 1. The molecule has 124 valence electrons. The Morgan fingerprint density at radius 2 is 2.12 bits per heavy atom. The molecule has 1 heterocycles. The van der Waals surface area contributed by atoms with Crippen LogP contribution in [0.25, 0.3) is 0 Å². The molecule has 0 spiro atoms. The lowest BCUT2D eigenvalue weighted by atomic mass is 9.98. The molecule has 0 atom stereocenters. The van der Waals surface area contributed by atoms with Gasteiger partial charge in [-0.25, -0.2) is 0 Å². The summed E-state index contributed by atoms with van der Waals surface area (Å²) in [6, 6.07) is 11.4. The third kappa shape index (κ3) is 4.26. The van der Waals surface area contributed by atoms with Crippen molar-refractivity contribution in [1.82, 2.24) is 5.32 Å². The summed E-state index contributed by atoms with van der Waals surface area (Å²) in [5.74, 6) is 0.567. The van der Waals surface area contributed by atoms with Gasteiger partial charge in [-0.15, -0.1) is 0 Å². The summed E-state index contributed by atoms with van der Waals surface area (Å²) in [7, 11) is 0. The summed E-state index contributed by atoms with van der Waals surface area (Å²) < 4.78 is 5.19. The van der Waals surface area contributed by atoms with Crippen molar-refractivity contribution in [3.8, 4) is 6.07 Å². The molecular formula is C19H21N3O2. The molecule has 0 radical (unpaired) electrons. The maximum Gasteiger partial charge on any atom is 0.267 e. The molecule has 5 nitrogen and oxygen atoms in total. The van der Waals surface area contributed by atoms with E-state index >= 15 is 0 Å². The number of aryl methyl sites for hydroxylation is 1. The Kier molecular flexibility index (Phi) is 5.80. The molecule has 1 aromatic carbocycles. The van der Waals surface area contributed by atoms with Gasteiger partial charge in [0.15, 0.2) is 0 Å². The molecule has 0 aliphatic heterocycles. The van der Waals surface area contributed by atoms with Crippen molar-refractivity contribution in [2.45, 2.75) is 33.2 Å². The number of carbonyl (C=O) groups is 1. The average molecular weight is 323 g/mol. The molecule has 2 N–H and O–H groups in total. The Hall–Kier alpha value is -3.00. The minimum Gasteiger partial charge on any atom is -0.467 e. The number of amides is 1. The molecule has 2 aromatic rings. The highest BCUT2D eigenvalue weighted by Gasteiger charge is 2.15. The molecule has 5 heteroatoms. The Labute approximate surface area is 142 Å². The zero-order valence-corrected chi connectivity index (χ0v) is 14.1. The van der Waals surface area contributed by atoms with E-state index in [1.807, 2.05) is 37.3 Å². The van der Waals surface area contributed by atoms with Crippen LogP contribution in [0.15, 0.2) is 52.8 Å². The number of nitriles is 1. The quantitative estimate of drug-likeness (QED) is 0.625. The first-order chi connectivity index (χ1) is 11.5. The monoisotopic (exact) mass is 323 g/mol. The Morgan fingerprint density at radius 1 is 1.33 bits per heavy atom. The predicted molar refractivity (Wildman–Crippen MR) is 93.1 cm³/mol. The summed E-state index contributed by atoms with van der Waals surface area (Å²) in [5, 5.41) is 15.0. The van der Waals surface area contributed by atoms with Crippen molar-refractivity contribution in [3.63, 3.8) is 0 Å². The molecule has 1 amide bonds. The highest BCUT2D eigenvalue weighted by molar-refractivity contribution is 6.07. The Balaban J connectivity index is 2.11. The largest absolute Gasteiger partial charge is 0.467 e. The molecular weight excluding hydrogens is 302 g/mol. The van der Waals surface area contributed by atoms with Crippen LogP contribution in [0.2, 0.25) is 0 Å². The van der Waals surface area contributed by atoms with E-state index in [1.165, 1.54) is 6.20 Å². The van der Waals surface area contributed by atoms with E-state index in [0.717, 1.165) is 22.6 Å². The van der Waals surface area contributed by atoms with Crippen molar-refractivity contribution in [2.75, 3.05) is 5.32 Å². The fourth-order valence-electron chi connectivity index (χ4n) is 2.34. The van der Waals surface area contributed by atoms with E-state index in [4.69, 9.17) is 4.42 Å². The number of benzene rings is 1. The highest BCUT2D eigenvalue weighted by Crippen LogP contribution is 2.27. The third-order valence-electron chi connectivity index (χ3n) is 3.63. The predicted octanol–water partition coefficient (Wildman–Crippen LogP) is 3.85. The van der Waals surface area contributed by atoms with Crippen molar-refractivity contribution < 1.29 is 9.21 Å². The van der Waals surface area contributed by atoms with Crippen LogP contribution in [0.1, 0.15) is 36.7 Å². The number of para-hydroxylation sites is 1. The summed E-state index contributed by atoms with van der Waals surface area (Å²) in [6.07, 6.45) is 2.98. The summed E-state index contributed by atoms with van der Waals surface area (Å²) >= 11 is 0. The molecule has 2 rings (SSSR count). The van der Waals surface area contributed by atoms with Gasteiger partial charge in [-0.05, 0) is 36.1 Å². The lowest BCUT2D eigenvalue weighted by Crippen LogP contribution is -2.18. The van der Waals surface area contributed by atoms with Crippen LogP contribution in [-0.2, 0) is 11.3 Å². The molecule has 0 aliphatic rings. The number of rotatable bonds is 6. The van der Waals surface area contributed by atoms with Crippen LogP contribution < -0.4 is 10.6 Å². The maximum atomic E-state index is 12.4. The first-order valence-electron chi connectivity index (χ1n) is 7.79.